The van der Waals surface area contributed by atoms with Crippen LogP contribution in [0.1, 0.15) is 43.9 Å². The van der Waals surface area contributed by atoms with Crippen LogP contribution in [0, 0.1) is 12.8 Å². The van der Waals surface area contributed by atoms with Gasteiger partial charge in [-0.3, -0.25) is 9.10 Å². The number of sulfonamides is 1. The maximum atomic E-state index is 13.6. The maximum absolute atomic E-state index is 13.6. The summed E-state index contributed by atoms with van der Waals surface area (Å²) in [5, 5.41) is 3.35. The Bertz CT molecular complexity index is 1330. The average molecular weight is 540 g/mol. The second kappa shape index (κ2) is 11.6. The fourth-order valence-electron chi connectivity index (χ4n) is 4.68. The van der Waals surface area contributed by atoms with E-state index in [0.717, 1.165) is 28.5 Å². The number of carbonyl (C=O) groups excluding carboxylic acids is 1. The van der Waals surface area contributed by atoms with Gasteiger partial charge in [0.2, 0.25) is 5.91 Å². The Morgan fingerprint density at radius 2 is 1.81 bits per heavy atom. The first-order chi connectivity index (χ1) is 17.6. The number of nitrogens with one attached hydrogen (secondary N) is 1. The molecule has 2 unspecified atom stereocenters. The van der Waals surface area contributed by atoms with E-state index in [4.69, 9.17) is 11.6 Å². The van der Waals surface area contributed by atoms with Crippen molar-refractivity contribution in [3.8, 4) is 0 Å². The van der Waals surface area contributed by atoms with Crippen LogP contribution in [0.4, 0.5) is 11.4 Å². The van der Waals surface area contributed by atoms with Crippen LogP contribution >= 0.6 is 11.6 Å². The van der Waals surface area contributed by atoms with Crippen molar-refractivity contribution in [3.05, 3.63) is 88.9 Å². The normalized spacial score (nSPS) is 16.8. The number of piperidine rings is 1. The molecule has 1 amide bonds. The van der Waals surface area contributed by atoms with Gasteiger partial charge in [-0.15, -0.1) is 0 Å². The summed E-state index contributed by atoms with van der Waals surface area (Å²) in [5.41, 5.74) is 3.42. The monoisotopic (exact) mass is 539 g/mol. The van der Waals surface area contributed by atoms with Gasteiger partial charge in [0.25, 0.3) is 10.0 Å². The molecule has 37 heavy (non-hydrogen) atoms. The molecular formula is C29H34ClN3O3S. The molecule has 1 aliphatic heterocycles. The van der Waals surface area contributed by atoms with Crippen molar-refractivity contribution in [1.29, 1.82) is 0 Å². The summed E-state index contributed by atoms with van der Waals surface area (Å²) < 4.78 is 28.2. The van der Waals surface area contributed by atoms with Gasteiger partial charge in [-0.25, -0.2) is 8.42 Å². The molecule has 2 atom stereocenters. The first-order valence-corrected chi connectivity index (χ1v) is 14.4. The summed E-state index contributed by atoms with van der Waals surface area (Å²) in [6.45, 7) is 7.81. The summed E-state index contributed by atoms with van der Waals surface area (Å²) in [5.74, 6) is 0.280. The molecule has 0 aliphatic carbocycles. The molecule has 1 heterocycles. The second-order valence-corrected chi connectivity index (χ2v) is 12.2. The van der Waals surface area contributed by atoms with Gasteiger partial charge in [-0.05, 0) is 80.6 Å². The minimum absolute atomic E-state index is 0.113. The lowest BCUT2D eigenvalue weighted by Crippen LogP contribution is -2.41. The third kappa shape index (κ3) is 6.65. The summed E-state index contributed by atoms with van der Waals surface area (Å²) in [7, 11) is -4.00. The predicted molar refractivity (Wildman–Crippen MR) is 151 cm³/mol. The van der Waals surface area contributed by atoms with Gasteiger partial charge in [0.05, 0.1) is 16.6 Å². The minimum Gasteiger partial charge on any atom is -0.371 e. The number of benzene rings is 3. The molecule has 4 rings (SSSR count). The van der Waals surface area contributed by atoms with Crippen LogP contribution in [-0.2, 0) is 14.8 Å². The van der Waals surface area contributed by atoms with Crippen molar-refractivity contribution in [1.82, 2.24) is 5.32 Å². The van der Waals surface area contributed by atoms with Crippen molar-refractivity contribution in [2.75, 3.05) is 28.8 Å². The molecule has 6 nitrogen and oxygen atoms in total. The van der Waals surface area contributed by atoms with E-state index in [1.807, 2.05) is 26.0 Å². The van der Waals surface area contributed by atoms with Crippen LogP contribution in [0.3, 0.4) is 0 Å². The number of nitrogens with zero attached hydrogens (tertiary/aromatic N) is 2. The lowest BCUT2D eigenvalue weighted by molar-refractivity contribution is -0.120. The number of anilines is 2. The van der Waals surface area contributed by atoms with Crippen LogP contribution in [0.15, 0.2) is 77.7 Å². The molecule has 0 spiro atoms. The highest BCUT2D eigenvalue weighted by atomic mass is 35.5. The molecule has 1 N–H and O–H groups in total. The number of hydrogen-bond donors (Lipinski definition) is 1. The molecule has 3 aromatic rings. The molecule has 8 heteroatoms. The van der Waals surface area contributed by atoms with Crippen LogP contribution in [-0.4, -0.2) is 34.0 Å². The van der Waals surface area contributed by atoms with Crippen LogP contribution in [0.25, 0.3) is 0 Å². The molecule has 0 bridgehead atoms. The lowest BCUT2D eigenvalue weighted by atomic mass is 9.99. The average Bonchev–Trinajstić information content (AvgIpc) is 2.87. The highest BCUT2D eigenvalue weighted by Gasteiger charge is 2.28. The Morgan fingerprint density at radius 1 is 1.11 bits per heavy atom. The predicted octanol–water partition coefficient (Wildman–Crippen LogP) is 5.96. The van der Waals surface area contributed by atoms with Gasteiger partial charge in [-0.2, -0.15) is 0 Å². The Kier molecular flexibility index (Phi) is 8.45. The number of amides is 1. The number of carbonyl (C=O) groups is 1. The quantitative estimate of drug-likeness (QED) is 0.383. The van der Waals surface area contributed by atoms with Gasteiger partial charge in [-0.1, -0.05) is 54.4 Å². The van der Waals surface area contributed by atoms with Crippen molar-refractivity contribution in [2.45, 2.75) is 44.6 Å². The van der Waals surface area contributed by atoms with Gasteiger partial charge < -0.3 is 10.2 Å². The topological polar surface area (TPSA) is 69.7 Å². The second-order valence-electron chi connectivity index (χ2n) is 9.88. The molecule has 1 aliphatic rings. The Balaban J connectivity index is 1.50. The van der Waals surface area contributed by atoms with E-state index in [2.05, 4.69) is 29.3 Å². The SMILES string of the molecule is Cc1ccc(S(=O)(=O)N(CC(=O)NC(C)c2ccc(N3CCCC(C)C3)cc2)c2cccc(Cl)c2)cc1. The first-order valence-electron chi connectivity index (χ1n) is 12.6. The molecule has 0 saturated carbocycles. The summed E-state index contributed by atoms with van der Waals surface area (Å²) in [6.07, 6.45) is 2.47. The third-order valence-electron chi connectivity index (χ3n) is 6.79. The Morgan fingerprint density at radius 3 is 2.46 bits per heavy atom. The molecule has 1 fully saturated rings. The standard InChI is InChI=1S/C29H34ClN3O3S/c1-21-9-15-28(16-10-21)37(35,36)33(27-8-4-7-25(30)18-27)20-29(34)31-23(3)24-11-13-26(14-12-24)32-17-5-6-22(2)19-32/h4,7-16,18,22-23H,5-6,17,19-20H2,1-3H3,(H,31,34). The zero-order chi connectivity index (χ0) is 26.6. The fraction of sp³-hybridized carbons (Fsp3) is 0.345. The summed E-state index contributed by atoms with van der Waals surface area (Å²) in [6, 6.07) is 21.0. The summed E-state index contributed by atoms with van der Waals surface area (Å²) in [4.78, 5) is 15.6. The van der Waals surface area contributed by atoms with Gasteiger partial charge >= 0.3 is 0 Å². The molecular weight excluding hydrogens is 506 g/mol. The fourth-order valence-corrected chi connectivity index (χ4v) is 6.28. The van der Waals surface area contributed by atoms with Crippen molar-refractivity contribution < 1.29 is 13.2 Å². The van der Waals surface area contributed by atoms with E-state index >= 15 is 0 Å². The van der Waals surface area contributed by atoms with Crippen molar-refractivity contribution in [2.24, 2.45) is 5.92 Å². The largest absolute Gasteiger partial charge is 0.371 e. The molecule has 0 radical (unpaired) electrons. The minimum atomic E-state index is -4.00. The zero-order valence-corrected chi connectivity index (χ0v) is 23.1. The number of halogens is 1. The van der Waals surface area contributed by atoms with E-state index in [9.17, 15) is 13.2 Å². The smallest absolute Gasteiger partial charge is 0.264 e. The van der Waals surface area contributed by atoms with E-state index in [0.29, 0.717) is 16.6 Å². The van der Waals surface area contributed by atoms with E-state index in [1.54, 1.807) is 48.5 Å². The molecule has 0 aromatic heterocycles. The summed E-state index contributed by atoms with van der Waals surface area (Å²) >= 11 is 6.16. The van der Waals surface area contributed by atoms with E-state index in [1.165, 1.54) is 18.5 Å². The zero-order valence-electron chi connectivity index (χ0n) is 21.5. The maximum Gasteiger partial charge on any atom is 0.264 e. The van der Waals surface area contributed by atoms with Gasteiger partial charge in [0.15, 0.2) is 0 Å². The third-order valence-corrected chi connectivity index (χ3v) is 8.81. The van der Waals surface area contributed by atoms with Gasteiger partial charge in [0.1, 0.15) is 6.54 Å². The number of rotatable bonds is 8. The van der Waals surface area contributed by atoms with Gasteiger partial charge in [0, 0.05) is 23.8 Å². The highest BCUT2D eigenvalue weighted by molar-refractivity contribution is 7.92. The van der Waals surface area contributed by atoms with E-state index in [-0.39, 0.29) is 17.5 Å². The highest BCUT2D eigenvalue weighted by Crippen LogP contribution is 2.27. The van der Waals surface area contributed by atoms with Crippen LogP contribution < -0.4 is 14.5 Å². The van der Waals surface area contributed by atoms with Crippen LogP contribution in [0.5, 0.6) is 0 Å². The van der Waals surface area contributed by atoms with Crippen LogP contribution in [0.2, 0.25) is 5.02 Å². The number of aryl methyl sites for hydroxylation is 1. The molecule has 196 valence electrons. The van der Waals surface area contributed by atoms with Crippen molar-refractivity contribution in [3.63, 3.8) is 0 Å². The van der Waals surface area contributed by atoms with Crippen molar-refractivity contribution >= 4 is 38.9 Å². The number of hydrogen-bond acceptors (Lipinski definition) is 4. The Labute approximate surface area is 225 Å². The first kappa shape index (κ1) is 27.0. The van der Waals surface area contributed by atoms with E-state index < -0.39 is 15.9 Å². The molecule has 1 saturated heterocycles. The molecule has 3 aromatic carbocycles. The lowest BCUT2D eigenvalue weighted by Gasteiger charge is -2.33. The Hall–Kier alpha value is -3.03.